The molecule has 1 fully saturated rings. The lowest BCUT2D eigenvalue weighted by Crippen LogP contribution is -2.32. The van der Waals surface area contributed by atoms with Gasteiger partial charge in [0.1, 0.15) is 0 Å². The molecule has 2 aromatic rings. The minimum Gasteiger partial charge on any atom is -0.481 e. The molecule has 0 saturated heterocycles. The highest BCUT2D eigenvalue weighted by Gasteiger charge is 2.63. The highest BCUT2D eigenvalue weighted by molar-refractivity contribution is 6.35. The molecule has 0 unspecified atom stereocenters. The number of carboxylic acid groups (broad SMARTS) is 1. The molecule has 5 nitrogen and oxygen atoms in total. The lowest BCUT2D eigenvalue weighted by Gasteiger charge is -2.20. The van der Waals surface area contributed by atoms with Crippen molar-refractivity contribution in [2.24, 2.45) is 11.3 Å². The number of aliphatic carboxylic acids is 1. The quantitative estimate of drug-likeness (QED) is 0.857. The number of halogens is 1. The maximum absolute atomic E-state index is 12.9. The zero-order chi connectivity index (χ0) is 16.1. The van der Waals surface area contributed by atoms with Crippen molar-refractivity contribution in [1.29, 1.82) is 0 Å². The van der Waals surface area contributed by atoms with E-state index in [0.717, 1.165) is 5.39 Å². The lowest BCUT2D eigenvalue weighted by atomic mass is 9.91. The van der Waals surface area contributed by atoms with Gasteiger partial charge in [0.25, 0.3) is 0 Å². The minimum atomic E-state index is -0.925. The second-order valence-electron chi connectivity index (χ2n) is 6.12. The number of Topliss-reactive ketones (excluding diaryl/α,β-unsaturated/α-hetero) is 1. The lowest BCUT2D eigenvalue weighted by molar-refractivity contribution is -0.139. The van der Waals surface area contributed by atoms with Gasteiger partial charge in [0, 0.05) is 17.5 Å². The van der Waals surface area contributed by atoms with E-state index in [0.29, 0.717) is 29.1 Å². The Labute approximate surface area is 132 Å². The van der Waals surface area contributed by atoms with Gasteiger partial charge in [-0.15, -0.1) is 0 Å². The first-order chi connectivity index (χ1) is 10.3. The Kier molecular flexibility index (Phi) is 3.50. The van der Waals surface area contributed by atoms with E-state index in [1.807, 2.05) is 19.0 Å². The standard InChI is InChI=1S/C16H16ClNO4/c1-18(2)8-16(7-11(16)15(20)21)14(19)10-5-9-3-4-22-13(9)12(17)6-10/h3-6,11H,7-8H2,1-2H3,(H,20,21)/t11-,16-/m1/s1. The molecular weight excluding hydrogens is 306 g/mol. The van der Waals surface area contributed by atoms with Crippen LogP contribution in [0.25, 0.3) is 11.0 Å². The van der Waals surface area contributed by atoms with Gasteiger partial charge in [0.05, 0.1) is 22.6 Å². The smallest absolute Gasteiger partial charge is 0.307 e. The van der Waals surface area contributed by atoms with Crippen molar-refractivity contribution < 1.29 is 19.1 Å². The second kappa shape index (κ2) is 5.11. The first-order valence-electron chi connectivity index (χ1n) is 6.94. The summed E-state index contributed by atoms with van der Waals surface area (Å²) in [6.45, 7) is 0.407. The van der Waals surface area contributed by atoms with Crippen molar-refractivity contribution >= 4 is 34.3 Å². The molecule has 1 aromatic carbocycles. The van der Waals surface area contributed by atoms with Crippen LogP contribution in [0.5, 0.6) is 0 Å². The summed E-state index contributed by atoms with van der Waals surface area (Å²) >= 11 is 6.15. The molecule has 116 valence electrons. The van der Waals surface area contributed by atoms with E-state index in [1.165, 1.54) is 6.26 Å². The molecule has 1 aromatic heterocycles. The molecule has 1 aliphatic carbocycles. The van der Waals surface area contributed by atoms with E-state index in [2.05, 4.69) is 0 Å². The highest BCUT2D eigenvalue weighted by Crippen LogP contribution is 2.55. The van der Waals surface area contributed by atoms with E-state index in [1.54, 1.807) is 18.2 Å². The molecule has 0 amide bonds. The van der Waals surface area contributed by atoms with Gasteiger partial charge in [-0.3, -0.25) is 9.59 Å². The number of fused-ring (bicyclic) bond motifs is 1. The summed E-state index contributed by atoms with van der Waals surface area (Å²) in [6.07, 6.45) is 1.87. The van der Waals surface area contributed by atoms with E-state index in [-0.39, 0.29) is 5.78 Å². The number of furan rings is 1. The third-order valence-electron chi connectivity index (χ3n) is 4.19. The number of hydrogen-bond donors (Lipinski definition) is 1. The maximum atomic E-state index is 12.9. The summed E-state index contributed by atoms with van der Waals surface area (Å²) in [4.78, 5) is 26.1. The Morgan fingerprint density at radius 1 is 1.45 bits per heavy atom. The summed E-state index contributed by atoms with van der Waals surface area (Å²) in [5.41, 5.74) is 0.103. The summed E-state index contributed by atoms with van der Waals surface area (Å²) < 4.78 is 5.26. The third-order valence-corrected chi connectivity index (χ3v) is 4.47. The van der Waals surface area contributed by atoms with Gasteiger partial charge >= 0.3 is 5.97 Å². The molecule has 1 aliphatic rings. The van der Waals surface area contributed by atoms with E-state index < -0.39 is 17.3 Å². The maximum Gasteiger partial charge on any atom is 0.307 e. The Morgan fingerprint density at radius 2 is 2.18 bits per heavy atom. The second-order valence-corrected chi connectivity index (χ2v) is 6.52. The molecular formula is C16H16ClNO4. The summed E-state index contributed by atoms with van der Waals surface area (Å²) in [6, 6.07) is 5.00. The van der Waals surface area contributed by atoms with Crippen molar-refractivity contribution in [3.8, 4) is 0 Å². The van der Waals surface area contributed by atoms with Crippen LogP contribution in [0.1, 0.15) is 16.8 Å². The Bertz CT molecular complexity index is 767. The van der Waals surface area contributed by atoms with Crippen molar-refractivity contribution in [1.82, 2.24) is 4.90 Å². The first-order valence-corrected chi connectivity index (χ1v) is 7.32. The van der Waals surface area contributed by atoms with Crippen LogP contribution in [0.3, 0.4) is 0 Å². The topological polar surface area (TPSA) is 70.8 Å². The van der Waals surface area contributed by atoms with Crippen molar-refractivity contribution in [3.63, 3.8) is 0 Å². The minimum absolute atomic E-state index is 0.168. The van der Waals surface area contributed by atoms with E-state index in [4.69, 9.17) is 16.0 Å². The third kappa shape index (κ3) is 2.30. The van der Waals surface area contributed by atoms with Gasteiger partial charge in [-0.05, 0) is 38.7 Å². The number of benzene rings is 1. The number of ketones is 1. The molecule has 0 bridgehead atoms. The average Bonchev–Trinajstić information content (AvgIpc) is 2.95. The van der Waals surface area contributed by atoms with Gasteiger partial charge in [-0.25, -0.2) is 0 Å². The van der Waals surface area contributed by atoms with Gasteiger partial charge in [0.15, 0.2) is 11.4 Å². The molecule has 6 heteroatoms. The van der Waals surface area contributed by atoms with Crippen LogP contribution >= 0.6 is 11.6 Å². The SMILES string of the molecule is CN(C)C[C@]1(C(=O)c2cc(Cl)c3occc3c2)C[C@@H]1C(=O)O. The molecule has 1 heterocycles. The highest BCUT2D eigenvalue weighted by atomic mass is 35.5. The summed E-state index contributed by atoms with van der Waals surface area (Å²) in [5, 5.41) is 10.4. The molecule has 22 heavy (non-hydrogen) atoms. The summed E-state index contributed by atoms with van der Waals surface area (Å²) in [7, 11) is 3.66. The zero-order valence-corrected chi connectivity index (χ0v) is 13.1. The first kappa shape index (κ1) is 15.1. The summed E-state index contributed by atoms with van der Waals surface area (Å²) in [5.74, 6) is -1.73. The number of hydrogen-bond acceptors (Lipinski definition) is 4. The molecule has 0 spiro atoms. The number of rotatable bonds is 5. The Balaban J connectivity index is 2.01. The van der Waals surface area contributed by atoms with Crippen molar-refractivity contribution in [3.05, 3.63) is 35.0 Å². The molecule has 0 radical (unpaired) electrons. The molecule has 1 N–H and O–H groups in total. The van der Waals surface area contributed by atoms with Crippen molar-refractivity contribution in [2.75, 3.05) is 20.6 Å². The molecule has 1 saturated carbocycles. The normalized spacial score (nSPS) is 23.9. The molecule has 3 rings (SSSR count). The van der Waals surface area contributed by atoms with Crippen LogP contribution in [-0.4, -0.2) is 42.4 Å². The number of carboxylic acids is 1. The van der Waals surface area contributed by atoms with Crippen LogP contribution in [0, 0.1) is 11.3 Å². The number of carbonyl (C=O) groups is 2. The molecule has 2 atom stereocenters. The van der Waals surface area contributed by atoms with Crippen LogP contribution in [0.15, 0.2) is 28.9 Å². The monoisotopic (exact) mass is 321 g/mol. The fraction of sp³-hybridized carbons (Fsp3) is 0.375. The van der Waals surface area contributed by atoms with E-state index in [9.17, 15) is 14.7 Å². The van der Waals surface area contributed by atoms with Gasteiger partial charge in [-0.1, -0.05) is 11.6 Å². The van der Waals surface area contributed by atoms with Gasteiger partial charge in [0.2, 0.25) is 0 Å². The van der Waals surface area contributed by atoms with Gasteiger partial charge in [-0.2, -0.15) is 0 Å². The predicted octanol–water partition coefficient (Wildman–Crippen LogP) is 2.92. The van der Waals surface area contributed by atoms with Crippen molar-refractivity contribution in [2.45, 2.75) is 6.42 Å². The van der Waals surface area contributed by atoms with E-state index >= 15 is 0 Å². The van der Waals surface area contributed by atoms with Gasteiger partial charge < -0.3 is 14.4 Å². The Morgan fingerprint density at radius 3 is 2.77 bits per heavy atom. The average molecular weight is 322 g/mol. The fourth-order valence-corrected chi connectivity index (χ4v) is 3.42. The zero-order valence-electron chi connectivity index (χ0n) is 12.3. The number of carbonyl (C=O) groups excluding carboxylic acids is 1. The van der Waals surface area contributed by atoms with Crippen LogP contribution in [0.4, 0.5) is 0 Å². The number of nitrogens with zero attached hydrogens (tertiary/aromatic N) is 1. The van der Waals surface area contributed by atoms with Crippen LogP contribution < -0.4 is 0 Å². The van der Waals surface area contributed by atoms with Crippen LogP contribution in [-0.2, 0) is 4.79 Å². The molecule has 0 aliphatic heterocycles. The van der Waals surface area contributed by atoms with Crippen LogP contribution in [0.2, 0.25) is 5.02 Å². The predicted molar refractivity (Wildman–Crippen MR) is 82.3 cm³/mol. The largest absolute Gasteiger partial charge is 0.481 e. The fourth-order valence-electron chi connectivity index (χ4n) is 3.15. The Hall–Kier alpha value is -1.85.